The number of aliphatic hydroxyl groups is 1. The van der Waals surface area contributed by atoms with E-state index in [4.69, 9.17) is 10.8 Å². The van der Waals surface area contributed by atoms with Crippen molar-refractivity contribution in [1.29, 1.82) is 0 Å². The molecular formula is C20H34N4O8. The third-order valence-corrected chi connectivity index (χ3v) is 5.71. The summed E-state index contributed by atoms with van der Waals surface area (Å²) < 4.78 is 0. The number of nitrogens with two attached hydrogens (primary N) is 1. The molecule has 182 valence electrons. The first-order valence-electron chi connectivity index (χ1n) is 10.7. The Morgan fingerprint density at radius 1 is 1.09 bits per heavy atom. The maximum absolute atomic E-state index is 12.9. The normalized spacial score (nSPS) is 20.5. The van der Waals surface area contributed by atoms with Gasteiger partial charge in [0.25, 0.3) is 0 Å². The third kappa shape index (κ3) is 7.45. The average molecular weight is 459 g/mol. The lowest BCUT2D eigenvalue weighted by molar-refractivity contribution is -0.150. The highest BCUT2D eigenvalue weighted by Crippen LogP contribution is 2.19. The van der Waals surface area contributed by atoms with Crippen LogP contribution >= 0.6 is 0 Å². The Morgan fingerprint density at radius 3 is 2.22 bits per heavy atom. The molecule has 1 aliphatic rings. The van der Waals surface area contributed by atoms with Crippen LogP contribution in [0, 0.1) is 5.92 Å². The molecule has 0 radical (unpaired) electrons. The predicted octanol–water partition coefficient (Wildman–Crippen LogP) is -1.35. The minimum absolute atomic E-state index is 0.165. The van der Waals surface area contributed by atoms with E-state index in [-0.39, 0.29) is 25.3 Å². The molecule has 0 aliphatic carbocycles. The van der Waals surface area contributed by atoms with Gasteiger partial charge >= 0.3 is 11.9 Å². The van der Waals surface area contributed by atoms with Crippen molar-refractivity contribution >= 4 is 29.7 Å². The number of rotatable bonds is 12. The molecule has 1 aliphatic heterocycles. The van der Waals surface area contributed by atoms with E-state index in [0.29, 0.717) is 12.8 Å². The molecule has 7 N–H and O–H groups in total. The van der Waals surface area contributed by atoms with E-state index in [1.807, 2.05) is 6.92 Å². The van der Waals surface area contributed by atoms with Gasteiger partial charge in [0.2, 0.25) is 17.7 Å². The van der Waals surface area contributed by atoms with E-state index in [1.165, 1.54) is 6.92 Å². The summed E-state index contributed by atoms with van der Waals surface area (Å²) in [4.78, 5) is 61.6. The van der Waals surface area contributed by atoms with Crippen LogP contribution in [0.5, 0.6) is 0 Å². The van der Waals surface area contributed by atoms with Gasteiger partial charge in [-0.25, -0.2) is 4.79 Å². The van der Waals surface area contributed by atoms with Crippen LogP contribution in [0.4, 0.5) is 0 Å². The largest absolute Gasteiger partial charge is 0.481 e. The van der Waals surface area contributed by atoms with Crippen molar-refractivity contribution in [3.8, 4) is 0 Å². The van der Waals surface area contributed by atoms with Gasteiger partial charge in [-0.15, -0.1) is 0 Å². The summed E-state index contributed by atoms with van der Waals surface area (Å²) in [7, 11) is 0. The van der Waals surface area contributed by atoms with Gasteiger partial charge in [0, 0.05) is 13.0 Å². The third-order valence-electron chi connectivity index (χ3n) is 5.71. The number of amides is 3. The van der Waals surface area contributed by atoms with Crippen LogP contribution < -0.4 is 16.4 Å². The van der Waals surface area contributed by atoms with Crippen molar-refractivity contribution in [2.45, 2.75) is 83.1 Å². The summed E-state index contributed by atoms with van der Waals surface area (Å²) in [6.07, 6.45) is -0.723. The van der Waals surface area contributed by atoms with E-state index < -0.39 is 66.4 Å². The fraction of sp³-hybridized carbons (Fsp3) is 0.750. The number of nitrogens with zero attached hydrogens (tertiary/aromatic N) is 1. The lowest BCUT2D eigenvalue weighted by atomic mass is 9.98. The molecule has 0 aromatic rings. The highest BCUT2D eigenvalue weighted by Gasteiger charge is 2.40. The van der Waals surface area contributed by atoms with Gasteiger partial charge in [-0.1, -0.05) is 20.3 Å². The zero-order chi connectivity index (χ0) is 24.6. The molecule has 1 fully saturated rings. The number of carbonyl (C=O) groups excluding carboxylic acids is 3. The number of hydrogen-bond acceptors (Lipinski definition) is 7. The van der Waals surface area contributed by atoms with Gasteiger partial charge < -0.3 is 36.6 Å². The van der Waals surface area contributed by atoms with Gasteiger partial charge in [-0.2, -0.15) is 0 Å². The van der Waals surface area contributed by atoms with Crippen molar-refractivity contribution in [3.63, 3.8) is 0 Å². The summed E-state index contributed by atoms with van der Waals surface area (Å²) in [6.45, 7) is 5.03. The second-order valence-electron chi connectivity index (χ2n) is 8.16. The van der Waals surface area contributed by atoms with Crippen LogP contribution in [0.3, 0.4) is 0 Å². The van der Waals surface area contributed by atoms with Crippen LogP contribution in [0.1, 0.15) is 52.9 Å². The first-order valence-corrected chi connectivity index (χ1v) is 10.7. The number of carboxylic acid groups (broad SMARTS) is 2. The van der Waals surface area contributed by atoms with E-state index in [9.17, 15) is 34.2 Å². The molecule has 32 heavy (non-hydrogen) atoms. The standard InChI is InChI=1S/C20H34N4O8/c1-4-10(2)15(21)18(29)22-12(7-8-14(26)27)17(28)23-16(11(3)25)19(30)24-9-5-6-13(24)20(31)32/h10-13,15-16,25H,4-9,21H2,1-3H3,(H,22,29)(H,23,28)(H,26,27)(H,31,32). The molecule has 1 heterocycles. The molecule has 12 heteroatoms. The van der Waals surface area contributed by atoms with E-state index in [0.717, 1.165) is 4.90 Å². The van der Waals surface area contributed by atoms with Crippen LogP contribution in [-0.4, -0.2) is 86.7 Å². The average Bonchev–Trinajstić information content (AvgIpc) is 3.22. The topological polar surface area (TPSA) is 199 Å². The highest BCUT2D eigenvalue weighted by molar-refractivity contribution is 5.94. The molecule has 3 amide bonds. The molecule has 6 unspecified atom stereocenters. The maximum Gasteiger partial charge on any atom is 0.326 e. The van der Waals surface area contributed by atoms with E-state index >= 15 is 0 Å². The molecule has 6 atom stereocenters. The molecule has 0 aromatic heterocycles. The number of carbonyl (C=O) groups is 5. The molecule has 0 spiro atoms. The molecule has 0 bridgehead atoms. The SMILES string of the molecule is CCC(C)C(N)C(=O)NC(CCC(=O)O)C(=O)NC(C(=O)N1CCCC1C(=O)O)C(C)O. The van der Waals surface area contributed by atoms with Crippen molar-refractivity contribution in [2.24, 2.45) is 11.7 Å². The monoisotopic (exact) mass is 458 g/mol. The highest BCUT2D eigenvalue weighted by atomic mass is 16.4. The summed E-state index contributed by atoms with van der Waals surface area (Å²) in [5.41, 5.74) is 5.88. The molecule has 0 saturated carbocycles. The molecular weight excluding hydrogens is 424 g/mol. The lowest BCUT2D eigenvalue weighted by Gasteiger charge is -2.30. The fourth-order valence-electron chi connectivity index (χ4n) is 3.43. The number of nitrogens with one attached hydrogen (secondary N) is 2. The first kappa shape index (κ1) is 27.3. The van der Waals surface area contributed by atoms with Crippen LogP contribution in [0.25, 0.3) is 0 Å². The first-order chi connectivity index (χ1) is 14.9. The number of carboxylic acids is 2. The summed E-state index contributed by atoms with van der Waals surface area (Å²) >= 11 is 0. The van der Waals surface area contributed by atoms with Crippen molar-refractivity contribution < 1.29 is 39.3 Å². The second kappa shape index (κ2) is 12.3. The Kier molecular flexibility index (Phi) is 10.5. The zero-order valence-corrected chi connectivity index (χ0v) is 18.6. The quantitative estimate of drug-likeness (QED) is 0.204. The van der Waals surface area contributed by atoms with Gasteiger partial charge in [0.05, 0.1) is 12.1 Å². The summed E-state index contributed by atoms with van der Waals surface area (Å²) in [5.74, 6) is -4.84. The predicted molar refractivity (Wildman–Crippen MR) is 112 cm³/mol. The minimum atomic E-state index is -1.46. The molecule has 12 nitrogen and oxygen atoms in total. The van der Waals surface area contributed by atoms with Gasteiger partial charge in [0.15, 0.2) is 0 Å². The van der Waals surface area contributed by atoms with Crippen molar-refractivity contribution in [2.75, 3.05) is 6.54 Å². The van der Waals surface area contributed by atoms with E-state index in [2.05, 4.69) is 10.6 Å². The smallest absolute Gasteiger partial charge is 0.326 e. The maximum atomic E-state index is 12.9. The minimum Gasteiger partial charge on any atom is -0.481 e. The Hall–Kier alpha value is -2.73. The summed E-state index contributed by atoms with van der Waals surface area (Å²) in [6, 6.07) is -4.75. The second-order valence-corrected chi connectivity index (χ2v) is 8.16. The van der Waals surface area contributed by atoms with Gasteiger partial charge in [-0.3, -0.25) is 19.2 Å². The van der Waals surface area contributed by atoms with Gasteiger partial charge in [0.1, 0.15) is 18.1 Å². The number of aliphatic carboxylic acids is 2. The van der Waals surface area contributed by atoms with Crippen LogP contribution in [-0.2, 0) is 24.0 Å². The fourth-order valence-corrected chi connectivity index (χ4v) is 3.43. The number of aliphatic hydroxyl groups excluding tert-OH is 1. The lowest BCUT2D eigenvalue weighted by Crippen LogP contribution is -2.60. The van der Waals surface area contributed by atoms with Crippen molar-refractivity contribution in [1.82, 2.24) is 15.5 Å². The van der Waals surface area contributed by atoms with Crippen molar-refractivity contribution in [3.05, 3.63) is 0 Å². The molecule has 1 saturated heterocycles. The Labute approximate surface area is 186 Å². The summed E-state index contributed by atoms with van der Waals surface area (Å²) in [5, 5.41) is 33.1. The van der Waals surface area contributed by atoms with E-state index in [1.54, 1.807) is 6.92 Å². The zero-order valence-electron chi connectivity index (χ0n) is 18.6. The van der Waals surface area contributed by atoms with Gasteiger partial charge in [-0.05, 0) is 32.1 Å². The molecule has 0 aromatic carbocycles. The van der Waals surface area contributed by atoms with Crippen LogP contribution in [0.2, 0.25) is 0 Å². The molecule has 1 rings (SSSR count). The van der Waals surface area contributed by atoms with Crippen LogP contribution in [0.15, 0.2) is 0 Å². The number of likely N-dealkylation sites (tertiary alicyclic amines) is 1. The Morgan fingerprint density at radius 2 is 1.72 bits per heavy atom. The Bertz CT molecular complexity index is 714. The number of hydrogen-bond donors (Lipinski definition) is 6. The Balaban J connectivity index is 3.00.